The van der Waals surface area contributed by atoms with Gasteiger partial charge in [-0.1, -0.05) is 0 Å². The van der Waals surface area contributed by atoms with E-state index in [2.05, 4.69) is 10.6 Å². The Hall–Kier alpha value is -2.22. The third-order valence-corrected chi connectivity index (χ3v) is 4.38. The minimum absolute atomic E-state index is 0. The van der Waals surface area contributed by atoms with Gasteiger partial charge in [0.2, 0.25) is 5.91 Å². The molecule has 8 heteroatoms. The topological polar surface area (TPSA) is 93.5 Å². The Labute approximate surface area is 169 Å². The molecule has 0 aliphatic carbocycles. The van der Waals surface area contributed by atoms with E-state index in [1.807, 2.05) is 6.26 Å². The molecule has 0 saturated carbocycles. The summed E-state index contributed by atoms with van der Waals surface area (Å²) in [5.41, 5.74) is 7.61. The molecule has 6 nitrogen and oxygen atoms in total. The molecular formula is C19H24ClN3O3S. The van der Waals surface area contributed by atoms with Gasteiger partial charge in [-0.3, -0.25) is 9.59 Å². The van der Waals surface area contributed by atoms with Crippen molar-refractivity contribution in [1.82, 2.24) is 0 Å². The van der Waals surface area contributed by atoms with Crippen LogP contribution in [-0.4, -0.2) is 37.0 Å². The molecule has 0 heterocycles. The van der Waals surface area contributed by atoms with Crippen LogP contribution in [0.4, 0.5) is 11.4 Å². The number of carbonyl (C=O) groups excluding carboxylic acids is 2. The molecule has 0 aliphatic heterocycles. The molecule has 0 aromatic heterocycles. The molecule has 2 amide bonds. The molecule has 2 rings (SSSR count). The molecule has 0 aliphatic rings. The lowest BCUT2D eigenvalue weighted by molar-refractivity contribution is -0.117. The summed E-state index contributed by atoms with van der Waals surface area (Å²) in [7, 11) is 1.59. The van der Waals surface area contributed by atoms with Crippen LogP contribution in [0.15, 0.2) is 48.5 Å². The van der Waals surface area contributed by atoms with Crippen LogP contribution < -0.4 is 21.1 Å². The highest BCUT2D eigenvalue weighted by Gasteiger charge is 2.13. The highest BCUT2D eigenvalue weighted by atomic mass is 35.5. The van der Waals surface area contributed by atoms with Gasteiger partial charge in [0.05, 0.1) is 13.2 Å². The van der Waals surface area contributed by atoms with Gasteiger partial charge in [0.25, 0.3) is 5.91 Å². The molecule has 4 N–H and O–H groups in total. The van der Waals surface area contributed by atoms with Crippen molar-refractivity contribution in [2.45, 2.75) is 12.5 Å². The van der Waals surface area contributed by atoms with Gasteiger partial charge in [-0.05, 0) is 67.0 Å². The second-order valence-corrected chi connectivity index (χ2v) is 6.62. The fourth-order valence-corrected chi connectivity index (χ4v) is 2.68. The summed E-state index contributed by atoms with van der Waals surface area (Å²) >= 11 is 1.65. The fourth-order valence-electron chi connectivity index (χ4n) is 2.19. The lowest BCUT2D eigenvalue weighted by atomic mass is 10.1. The first-order valence-corrected chi connectivity index (χ1v) is 9.53. The number of nitrogens with one attached hydrogen (secondary N) is 2. The first-order chi connectivity index (χ1) is 12.5. The van der Waals surface area contributed by atoms with E-state index in [9.17, 15) is 9.59 Å². The minimum atomic E-state index is -0.541. The van der Waals surface area contributed by atoms with E-state index < -0.39 is 6.04 Å². The van der Waals surface area contributed by atoms with Gasteiger partial charge in [-0.15, -0.1) is 12.4 Å². The number of methoxy groups -OCH3 is 1. The maximum Gasteiger partial charge on any atom is 0.255 e. The standard InChI is InChI=1S/C19H23N3O3S.ClH/c1-25-16-9-7-15(8-10-16)21-18(23)13-3-5-14(6-4-13)22-19(24)17(20)11-12-26-2;/h3-10,17H,11-12,20H2,1-2H3,(H,21,23)(H,22,24);1H/t17-;/m0./s1. The van der Waals surface area contributed by atoms with Crippen molar-refractivity contribution >= 4 is 47.4 Å². The normalized spacial score (nSPS) is 11.1. The van der Waals surface area contributed by atoms with Crippen LogP contribution in [0, 0.1) is 0 Å². The third kappa shape index (κ3) is 7.13. The van der Waals surface area contributed by atoms with Crippen molar-refractivity contribution in [1.29, 1.82) is 0 Å². The predicted molar refractivity (Wildman–Crippen MR) is 114 cm³/mol. The molecule has 2 aromatic rings. The zero-order valence-corrected chi connectivity index (χ0v) is 16.9. The van der Waals surface area contributed by atoms with Gasteiger partial charge >= 0.3 is 0 Å². The number of hydrogen-bond donors (Lipinski definition) is 3. The number of nitrogens with two attached hydrogens (primary N) is 1. The Bertz CT molecular complexity index is 739. The molecule has 27 heavy (non-hydrogen) atoms. The van der Waals surface area contributed by atoms with Crippen molar-refractivity contribution in [3.63, 3.8) is 0 Å². The van der Waals surface area contributed by atoms with Crippen molar-refractivity contribution < 1.29 is 14.3 Å². The third-order valence-electron chi connectivity index (χ3n) is 3.73. The lowest BCUT2D eigenvalue weighted by Gasteiger charge is -2.12. The summed E-state index contributed by atoms with van der Waals surface area (Å²) in [6.07, 6.45) is 2.59. The van der Waals surface area contributed by atoms with E-state index in [4.69, 9.17) is 10.5 Å². The molecule has 2 aromatic carbocycles. The molecule has 0 fully saturated rings. The molecule has 0 bridgehead atoms. The number of thioether (sulfide) groups is 1. The summed E-state index contributed by atoms with van der Waals surface area (Å²) < 4.78 is 5.08. The van der Waals surface area contributed by atoms with Crippen molar-refractivity contribution in [3.05, 3.63) is 54.1 Å². The number of rotatable bonds is 8. The van der Waals surface area contributed by atoms with E-state index in [-0.39, 0.29) is 24.2 Å². The summed E-state index contributed by atoms with van der Waals surface area (Å²) in [4.78, 5) is 24.3. The van der Waals surface area contributed by atoms with Crippen LogP contribution in [0.2, 0.25) is 0 Å². The van der Waals surface area contributed by atoms with Gasteiger partial charge in [-0.25, -0.2) is 0 Å². The van der Waals surface area contributed by atoms with Gasteiger partial charge in [0.1, 0.15) is 5.75 Å². The monoisotopic (exact) mass is 409 g/mol. The van der Waals surface area contributed by atoms with Gasteiger partial charge < -0.3 is 21.1 Å². The second-order valence-electron chi connectivity index (χ2n) is 5.64. The maximum atomic E-state index is 12.3. The highest BCUT2D eigenvalue weighted by molar-refractivity contribution is 7.98. The average molecular weight is 410 g/mol. The van der Waals surface area contributed by atoms with E-state index in [1.54, 1.807) is 67.4 Å². The number of ether oxygens (including phenoxy) is 1. The average Bonchev–Trinajstić information content (AvgIpc) is 2.67. The van der Waals surface area contributed by atoms with Crippen molar-refractivity contribution in [2.24, 2.45) is 5.73 Å². The molecule has 0 unspecified atom stereocenters. The molecule has 0 spiro atoms. The Morgan fingerprint density at radius 2 is 1.59 bits per heavy atom. The van der Waals surface area contributed by atoms with Crippen LogP contribution >= 0.6 is 24.2 Å². The highest BCUT2D eigenvalue weighted by Crippen LogP contribution is 2.17. The predicted octanol–water partition coefficient (Wildman–Crippen LogP) is 3.39. The Balaban J connectivity index is 0.00000364. The second kappa shape index (κ2) is 11.5. The number of anilines is 2. The zero-order valence-electron chi connectivity index (χ0n) is 15.2. The van der Waals surface area contributed by atoms with E-state index in [0.29, 0.717) is 23.4 Å². The summed E-state index contributed by atoms with van der Waals surface area (Å²) in [6.45, 7) is 0. The van der Waals surface area contributed by atoms with Gasteiger partial charge in [-0.2, -0.15) is 11.8 Å². The molecular weight excluding hydrogens is 386 g/mol. The van der Waals surface area contributed by atoms with Crippen molar-refractivity contribution in [2.75, 3.05) is 29.8 Å². The largest absolute Gasteiger partial charge is 0.497 e. The molecule has 1 atom stereocenters. The SMILES string of the molecule is COc1ccc(NC(=O)c2ccc(NC(=O)[C@@H](N)CCSC)cc2)cc1.Cl. The number of carbonyl (C=O) groups is 2. The van der Waals surface area contributed by atoms with Gasteiger partial charge in [0.15, 0.2) is 0 Å². The van der Waals surface area contributed by atoms with Crippen LogP contribution in [0.1, 0.15) is 16.8 Å². The number of halogens is 1. The Morgan fingerprint density at radius 3 is 2.15 bits per heavy atom. The molecule has 0 radical (unpaired) electrons. The van der Waals surface area contributed by atoms with E-state index in [1.165, 1.54) is 0 Å². The molecule has 0 saturated heterocycles. The Morgan fingerprint density at radius 1 is 1.04 bits per heavy atom. The quantitative estimate of drug-likeness (QED) is 0.621. The van der Waals surface area contributed by atoms with Crippen LogP contribution in [0.5, 0.6) is 5.75 Å². The van der Waals surface area contributed by atoms with Crippen molar-refractivity contribution in [3.8, 4) is 5.75 Å². The number of benzene rings is 2. The fraction of sp³-hybridized carbons (Fsp3) is 0.263. The zero-order chi connectivity index (χ0) is 18.9. The summed E-state index contributed by atoms with van der Waals surface area (Å²) in [6, 6.07) is 13.2. The van der Waals surface area contributed by atoms with Crippen LogP contribution in [-0.2, 0) is 4.79 Å². The van der Waals surface area contributed by atoms with Crippen LogP contribution in [0.3, 0.4) is 0 Å². The van der Waals surface area contributed by atoms with E-state index >= 15 is 0 Å². The van der Waals surface area contributed by atoms with E-state index in [0.717, 1.165) is 11.5 Å². The molecule has 146 valence electrons. The summed E-state index contributed by atoms with van der Waals surface area (Å²) in [5, 5.41) is 5.57. The Kier molecular flexibility index (Phi) is 9.71. The summed E-state index contributed by atoms with van der Waals surface area (Å²) in [5.74, 6) is 1.09. The van der Waals surface area contributed by atoms with Gasteiger partial charge in [0, 0.05) is 16.9 Å². The lowest BCUT2D eigenvalue weighted by Crippen LogP contribution is -2.36. The van der Waals surface area contributed by atoms with Crippen LogP contribution in [0.25, 0.3) is 0 Å². The number of hydrogen-bond acceptors (Lipinski definition) is 5. The first-order valence-electron chi connectivity index (χ1n) is 8.14. The smallest absolute Gasteiger partial charge is 0.255 e. The maximum absolute atomic E-state index is 12.3. The minimum Gasteiger partial charge on any atom is -0.497 e. The first kappa shape index (κ1) is 22.8. The number of amides is 2.